The Morgan fingerprint density at radius 3 is 1.61 bits per heavy atom. The number of ether oxygens (including phenoxy) is 3. The van der Waals surface area contributed by atoms with E-state index in [-0.39, 0.29) is 0 Å². The number of para-hydroxylation sites is 2. The van der Waals surface area contributed by atoms with E-state index >= 15 is 0 Å². The zero-order valence-corrected chi connectivity index (χ0v) is 10.3. The first kappa shape index (κ1) is 12.5. The molecule has 0 saturated carbocycles. The summed E-state index contributed by atoms with van der Waals surface area (Å²) >= 11 is 0. The monoisotopic (exact) mass is 244 g/mol. The van der Waals surface area contributed by atoms with Crippen molar-refractivity contribution < 1.29 is 14.2 Å². The summed E-state index contributed by atoms with van der Waals surface area (Å²) in [5, 5.41) is 0. The molecule has 0 aliphatic rings. The lowest BCUT2D eigenvalue weighted by Crippen LogP contribution is -2.27. The third kappa shape index (κ3) is 3.79. The number of rotatable bonds is 6. The molecular formula is C15H16O3. The highest BCUT2D eigenvalue weighted by molar-refractivity contribution is 5.22. The zero-order chi connectivity index (χ0) is 12.6. The van der Waals surface area contributed by atoms with Crippen LogP contribution in [0.25, 0.3) is 0 Å². The Labute approximate surface area is 107 Å². The normalized spacial score (nSPS) is 10.3. The molecule has 2 rings (SSSR count). The Hall–Kier alpha value is -2.00. The lowest BCUT2D eigenvalue weighted by atomic mass is 10.3. The summed E-state index contributed by atoms with van der Waals surface area (Å²) < 4.78 is 16.6. The van der Waals surface area contributed by atoms with E-state index in [0.29, 0.717) is 18.1 Å². The Morgan fingerprint density at radius 1 is 0.778 bits per heavy atom. The van der Waals surface area contributed by atoms with Gasteiger partial charge < -0.3 is 14.2 Å². The van der Waals surface area contributed by atoms with Crippen molar-refractivity contribution in [3.63, 3.8) is 0 Å². The average Bonchev–Trinajstić information content (AvgIpc) is 2.41. The van der Waals surface area contributed by atoms with Crippen molar-refractivity contribution in [2.24, 2.45) is 0 Å². The van der Waals surface area contributed by atoms with Crippen LogP contribution in [-0.2, 0) is 4.74 Å². The van der Waals surface area contributed by atoms with Crippen LogP contribution in [0.4, 0.5) is 0 Å². The van der Waals surface area contributed by atoms with Gasteiger partial charge in [-0.05, 0) is 31.2 Å². The largest absolute Gasteiger partial charge is 0.432 e. The van der Waals surface area contributed by atoms with E-state index in [1.807, 2.05) is 67.6 Å². The highest BCUT2D eigenvalue weighted by Gasteiger charge is 2.11. The Morgan fingerprint density at radius 2 is 1.22 bits per heavy atom. The molecule has 0 unspecified atom stereocenters. The molecule has 0 spiro atoms. The maximum absolute atomic E-state index is 5.61. The molecule has 0 aromatic heterocycles. The summed E-state index contributed by atoms with van der Waals surface area (Å²) in [6, 6.07) is 18.9. The minimum atomic E-state index is -0.736. The molecule has 0 amide bonds. The Balaban J connectivity index is 2.00. The van der Waals surface area contributed by atoms with Gasteiger partial charge in [0.1, 0.15) is 11.5 Å². The van der Waals surface area contributed by atoms with Crippen molar-refractivity contribution >= 4 is 0 Å². The van der Waals surface area contributed by atoms with E-state index in [1.165, 1.54) is 0 Å². The molecular weight excluding hydrogens is 228 g/mol. The predicted molar refractivity (Wildman–Crippen MR) is 69.6 cm³/mol. The summed E-state index contributed by atoms with van der Waals surface area (Å²) in [4.78, 5) is 0. The molecule has 2 aromatic carbocycles. The fourth-order valence-electron chi connectivity index (χ4n) is 1.45. The fraction of sp³-hybridized carbons (Fsp3) is 0.200. The van der Waals surface area contributed by atoms with E-state index in [2.05, 4.69) is 0 Å². The van der Waals surface area contributed by atoms with E-state index in [4.69, 9.17) is 14.2 Å². The molecule has 0 fully saturated rings. The van der Waals surface area contributed by atoms with Gasteiger partial charge in [0.15, 0.2) is 0 Å². The average molecular weight is 244 g/mol. The summed E-state index contributed by atoms with van der Waals surface area (Å²) in [5.41, 5.74) is 0. The minimum absolute atomic E-state index is 0.518. The number of benzene rings is 2. The molecule has 0 aliphatic carbocycles. The van der Waals surface area contributed by atoms with Crippen LogP contribution in [-0.4, -0.2) is 13.1 Å². The third-order valence-corrected chi connectivity index (χ3v) is 2.25. The van der Waals surface area contributed by atoms with Gasteiger partial charge in [0, 0.05) is 0 Å². The second kappa shape index (κ2) is 6.67. The second-order valence-electron chi connectivity index (χ2n) is 3.61. The SMILES string of the molecule is CCOC(Oc1ccccc1)Oc1ccccc1. The van der Waals surface area contributed by atoms with Crippen molar-refractivity contribution in [1.29, 1.82) is 0 Å². The van der Waals surface area contributed by atoms with Crippen LogP contribution in [0.1, 0.15) is 6.92 Å². The van der Waals surface area contributed by atoms with E-state index < -0.39 is 6.48 Å². The quantitative estimate of drug-likeness (QED) is 0.728. The van der Waals surface area contributed by atoms with Gasteiger partial charge >= 0.3 is 6.48 Å². The Bertz CT molecular complexity index is 400. The smallest absolute Gasteiger partial charge is 0.360 e. The van der Waals surface area contributed by atoms with Crippen LogP contribution in [0.2, 0.25) is 0 Å². The van der Waals surface area contributed by atoms with Crippen molar-refractivity contribution in [2.75, 3.05) is 6.61 Å². The molecule has 3 nitrogen and oxygen atoms in total. The summed E-state index contributed by atoms with van der Waals surface area (Å²) in [6.45, 7) is 1.68. The highest BCUT2D eigenvalue weighted by atomic mass is 16.8. The highest BCUT2D eigenvalue weighted by Crippen LogP contribution is 2.16. The number of hydrogen-bond acceptors (Lipinski definition) is 3. The van der Waals surface area contributed by atoms with Gasteiger partial charge in [0.05, 0.1) is 6.61 Å². The molecule has 0 bridgehead atoms. The van der Waals surface area contributed by atoms with Gasteiger partial charge in [0.25, 0.3) is 0 Å². The topological polar surface area (TPSA) is 27.7 Å². The van der Waals surface area contributed by atoms with E-state index in [9.17, 15) is 0 Å². The van der Waals surface area contributed by atoms with Crippen LogP contribution in [0.5, 0.6) is 11.5 Å². The van der Waals surface area contributed by atoms with Crippen LogP contribution in [0.15, 0.2) is 60.7 Å². The van der Waals surface area contributed by atoms with Gasteiger partial charge in [-0.2, -0.15) is 0 Å². The van der Waals surface area contributed by atoms with Crippen molar-refractivity contribution in [2.45, 2.75) is 13.4 Å². The zero-order valence-electron chi connectivity index (χ0n) is 10.3. The van der Waals surface area contributed by atoms with Crippen LogP contribution >= 0.6 is 0 Å². The van der Waals surface area contributed by atoms with Crippen molar-refractivity contribution in [3.8, 4) is 11.5 Å². The maximum Gasteiger partial charge on any atom is 0.360 e. The standard InChI is InChI=1S/C15H16O3/c1-2-16-15(17-13-9-5-3-6-10-13)18-14-11-7-4-8-12-14/h3-12,15H,2H2,1H3. The molecule has 0 N–H and O–H groups in total. The lowest BCUT2D eigenvalue weighted by molar-refractivity contribution is -0.196. The van der Waals surface area contributed by atoms with E-state index in [0.717, 1.165) is 0 Å². The molecule has 0 heterocycles. The van der Waals surface area contributed by atoms with Gasteiger partial charge in [-0.15, -0.1) is 0 Å². The molecule has 3 heteroatoms. The molecule has 0 atom stereocenters. The molecule has 94 valence electrons. The van der Waals surface area contributed by atoms with Gasteiger partial charge in [-0.25, -0.2) is 0 Å². The summed E-state index contributed by atoms with van der Waals surface area (Å²) in [6.07, 6.45) is 0. The first-order valence-corrected chi connectivity index (χ1v) is 5.93. The molecule has 0 aliphatic heterocycles. The molecule has 18 heavy (non-hydrogen) atoms. The van der Waals surface area contributed by atoms with Crippen LogP contribution in [0, 0.1) is 0 Å². The minimum Gasteiger partial charge on any atom is -0.432 e. The van der Waals surface area contributed by atoms with Gasteiger partial charge in [-0.1, -0.05) is 36.4 Å². The van der Waals surface area contributed by atoms with Crippen molar-refractivity contribution in [3.05, 3.63) is 60.7 Å². The summed E-state index contributed by atoms with van der Waals surface area (Å²) in [7, 11) is 0. The fourth-order valence-corrected chi connectivity index (χ4v) is 1.45. The first-order valence-electron chi connectivity index (χ1n) is 5.93. The van der Waals surface area contributed by atoms with Crippen LogP contribution in [0.3, 0.4) is 0 Å². The van der Waals surface area contributed by atoms with Crippen LogP contribution < -0.4 is 9.47 Å². The number of hydrogen-bond donors (Lipinski definition) is 0. The molecule has 2 aromatic rings. The van der Waals surface area contributed by atoms with Crippen molar-refractivity contribution in [1.82, 2.24) is 0 Å². The van der Waals surface area contributed by atoms with Gasteiger partial charge in [0.2, 0.25) is 0 Å². The second-order valence-corrected chi connectivity index (χ2v) is 3.61. The molecule has 0 radical (unpaired) electrons. The molecule has 0 saturated heterocycles. The third-order valence-electron chi connectivity index (χ3n) is 2.25. The van der Waals surface area contributed by atoms with Gasteiger partial charge in [-0.3, -0.25) is 0 Å². The maximum atomic E-state index is 5.61. The lowest BCUT2D eigenvalue weighted by Gasteiger charge is -2.19. The first-order chi connectivity index (χ1) is 8.88. The predicted octanol–water partition coefficient (Wildman–Crippen LogP) is 3.46. The summed E-state index contributed by atoms with van der Waals surface area (Å²) in [5.74, 6) is 1.43. The van der Waals surface area contributed by atoms with E-state index in [1.54, 1.807) is 0 Å². The Kier molecular flexibility index (Phi) is 4.61.